The monoisotopic (exact) mass is 635 g/mol. The fourth-order valence-electron chi connectivity index (χ4n) is 7.42. The van der Waals surface area contributed by atoms with Crippen molar-refractivity contribution in [3.63, 3.8) is 0 Å². The molecule has 5 nitrogen and oxygen atoms in total. The normalized spacial score (nSPS) is 11.1. The van der Waals surface area contributed by atoms with Crippen molar-refractivity contribution in [3.8, 4) is 51.8 Å². The van der Waals surface area contributed by atoms with Gasteiger partial charge in [-0.25, -0.2) is 0 Å². The summed E-state index contributed by atoms with van der Waals surface area (Å²) >= 11 is 0. The molecule has 7 aromatic carbocycles. The average molecular weight is 636 g/mol. The number of benzene rings is 7. The zero-order chi connectivity index (χ0) is 33.8. The van der Waals surface area contributed by atoms with Crippen LogP contribution in [0.5, 0.6) is 0 Å². The highest BCUT2D eigenvalue weighted by molar-refractivity contribution is 6.11. The molecular weight excluding hydrogens is 611 g/mol. The number of para-hydroxylation sites is 3. The van der Waals surface area contributed by atoms with Crippen molar-refractivity contribution in [2.24, 2.45) is 0 Å². The van der Waals surface area contributed by atoms with Gasteiger partial charge in [-0.2, -0.15) is 15.8 Å². The summed E-state index contributed by atoms with van der Waals surface area (Å²) in [5, 5.41) is 33.8. The van der Waals surface area contributed by atoms with Crippen LogP contribution in [0.4, 0.5) is 0 Å². The van der Waals surface area contributed by atoms with Crippen LogP contribution in [0.25, 0.3) is 77.2 Å². The standard InChI is InChI=1S/C45H25N5/c46-26-29-16-19-34(35-10-1-4-13-41(35)50-42-14-5-2-11-36(42)37-12-3-6-15-43(37)50)39(22-29)32-8-7-9-33(25-32)49-44-21-18-30(27-47)23-40(44)38-20-17-31(28-48)24-45(38)49/h1-25H. The van der Waals surface area contributed by atoms with E-state index in [-0.39, 0.29) is 0 Å². The number of nitrogens with zero attached hydrogens (tertiary/aromatic N) is 5. The van der Waals surface area contributed by atoms with Gasteiger partial charge in [-0.05, 0) is 89.5 Å². The Kier molecular flexibility index (Phi) is 6.56. The Morgan fingerprint density at radius 2 is 0.960 bits per heavy atom. The van der Waals surface area contributed by atoms with Gasteiger partial charge in [0.1, 0.15) is 0 Å². The van der Waals surface area contributed by atoms with E-state index in [2.05, 4.69) is 124 Å². The van der Waals surface area contributed by atoms with Gasteiger partial charge in [0.2, 0.25) is 0 Å². The van der Waals surface area contributed by atoms with Crippen LogP contribution in [0, 0.1) is 34.0 Å². The predicted octanol–water partition coefficient (Wildman–Crippen LogP) is 10.8. The second kappa shape index (κ2) is 11.4. The summed E-state index contributed by atoms with van der Waals surface area (Å²) in [7, 11) is 0. The number of aromatic nitrogens is 2. The third-order valence-corrected chi connectivity index (χ3v) is 9.60. The van der Waals surface area contributed by atoms with E-state index in [1.807, 2.05) is 54.6 Å². The second-order valence-corrected chi connectivity index (χ2v) is 12.3. The molecule has 2 aromatic heterocycles. The van der Waals surface area contributed by atoms with Crippen LogP contribution < -0.4 is 0 Å². The molecule has 2 heterocycles. The average Bonchev–Trinajstić information content (AvgIpc) is 3.69. The van der Waals surface area contributed by atoms with Gasteiger partial charge in [-0.1, -0.05) is 78.9 Å². The number of nitriles is 3. The lowest BCUT2D eigenvalue weighted by atomic mass is 9.91. The maximum atomic E-state index is 10.0. The predicted molar refractivity (Wildman–Crippen MR) is 200 cm³/mol. The lowest BCUT2D eigenvalue weighted by molar-refractivity contribution is 1.18. The van der Waals surface area contributed by atoms with Gasteiger partial charge < -0.3 is 9.13 Å². The number of rotatable bonds is 4. The maximum absolute atomic E-state index is 10.0. The first-order valence-corrected chi connectivity index (χ1v) is 16.3. The molecule has 0 bridgehead atoms. The van der Waals surface area contributed by atoms with E-state index in [1.165, 1.54) is 10.8 Å². The van der Waals surface area contributed by atoms with Crippen LogP contribution in [0.1, 0.15) is 16.7 Å². The van der Waals surface area contributed by atoms with Crippen molar-refractivity contribution >= 4 is 43.6 Å². The lowest BCUT2D eigenvalue weighted by Gasteiger charge is -2.18. The smallest absolute Gasteiger partial charge is 0.0992 e. The maximum Gasteiger partial charge on any atom is 0.0992 e. The van der Waals surface area contributed by atoms with Crippen molar-refractivity contribution in [3.05, 3.63) is 168 Å². The largest absolute Gasteiger partial charge is 0.309 e. The summed E-state index contributed by atoms with van der Waals surface area (Å²) in [4.78, 5) is 0. The van der Waals surface area contributed by atoms with Gasteiger partial charge in [-0.3, -0.25) is 0 Å². The first kappa shape index (κ1) is 28.8. The fourth-order valence-corrected chi connectivity index (χ4v) is 7.42. The van der Waals surface area contributed by atoms with E-state index in [0.717, 1.165) is 66.5 Å². The molecule has 5 heteroatoms. The number of hydrogen-bond donors (Lipinski definition) is 0. The molecule has 0 fully saturated rings. The van der Waals surface area contributed by atoms with Crippen LogP contribution in [-0.4, -0.2) is 9.13 Å². The molecule has 0 amide bonds. The van der Waals surface area contributed by atoms with E-state index in [1.54, 1.807) is 0 Å². The summed E-state index contributed by atoms with van der Waals surface area (Å²) in [5.41, 5.74) is 11.7. The van der Waals surface area contributed by atoms with Crippen molar-refractivity contribution in [2.75, 3.05) is 0 Å². The molecule has 0 atom stereocenters. The quantitative estimate of drug-likeness (QED) is 0.193. The van der Waals surface area contributed by atoms with Gasteiger partial charge in [-0.15, -0.1) is 0 Å². The highest BCUT2D eigenvalue weighted by Gasteiger charge is 2.19. The molecule has 9 aromatic rings. The molecular formula is C45H25N5. The van der Waals surface area contributed by atoms with Crippen LogP contribution in [0.3, 0.4) is 0 Å². The fraction of sp³-hybridized carbons (Fsp3) is 0. The summed E-state index contributed by atoms with van der Waals surface area (Å²) in [6.45, 7) is 0. The highest BCUT2D eigenvalue weighted by Crippen LogP contribution is 2.41. The minimum absolute atomic E-state index is 0.559. The van der Waals surface area contributed by atoms with E-state index in [0.29, 0.717) is 16.7 Å². The van der Waals surface area contributed by atoms with E-state index in [4.69, 9.17) is 0 Å². The molecule has 0 spiro atoms. The first-order chi connectivity index (χ1) is 24.7. The Balaban J connectivity index is 1.29. The molecule has 0 radical (unpaired) electrons. The van der Waals surface area contributed by atoms with Crippen molar-refractivity contribution in [2.45, 2.75) is 0 Å². The minimum atomic E-state index is 0.559. The van der Waals surface area contributed by atoms with Crippen molar-refractivity contribution < 1.29 is 0 Å². The van der Waals surface area contributed by atoms with Crippen LogP contribution in [0.15, 0.2) is 152 Å². The first-order valence-electron chi connectivity index (χ1n) is 16.3. The summed E-state index contributed by atoms with van der Waals surface area (Å²) in [6.07, 6.45) is 0. The molecule has 0 aliphatic heterocycles. The van der Waals surface area contributed by atoms with E-state index < -0.39 is 0 Å². The molecule has 9 rings (SSSR count). The molecule has 0 aliphatic carbocycles. The van der Waals surface area contributed by atoms with Gasteiger partial charge in [0.25, 0.3) is 0 Å². The van der Waals surface area contributed by atoms with Gasteiger partial charge >= 0.3 is 0 Å². The lowest BCUT2D eigenvalue weighted by Crippen LogP contribution is -1.99. The molecule has 0 aliphatic rings. The van der Waals surface area contributed by atoms with Crippen molar-refractivity contribution in [1.82, 2.24) is 9.13 Å². The second-order valence-electron chi connectivity index (χ2n) is 12.3. The Morgan fingerprint density at radius 1 is 0.360 bits per heavy atom. The molecule has 0 saturated carbocycles. The molecule has 50 heavy (non-hydrogen) atoms. The third-order valence-electron chi connectivity index (χ3n) is 9.60. The molecule has 230 valence electrons. The third kappa shape index (κ3) is 4.38. The number of hydrogen-bond acceptors (Lipinski definition) is 3. The molecule has 0 saturated heterocycles. The Bertz CT molecular complexity index is 2920. The highest BCUT2D eigenvalue weighted by atomic mass is 15.0. The molecule has 0 unspecified atom stereocenters. The van der Waals surface area contributed by atoms with Crippen LogP contribution >= 0.6 is 0 Å². The SMILES string of the molecule is N#Cc1ccc(-c2ccccc2-n2c3ccccc3c3ccccc32)c(-c2cccc(-n3c4ccc(C#N)cc4c4ccc(C#N)cc43)c2)c1. The minimum Gasteiger partial charge on any atom is -0.309 e. The number of fused-ring (bicyclic) bond motifs is 6. The topological polar surface area (TPSA) is 81.2 Å². The Labute approximate surface area is 287 Å². The summed E-state index contributed by atoms with van der Waals surface area (Å²) in [6, 6.07) is 57.9. The van der Waals surface area contributed by atoms with Gasteiger partial charge in [0, 0.05) is 32.8 Å². The van der Waals surface area contributed by atoms with Crippen LogP contribution in [0.2, 0.25) is 0 Å². The Hall–Kier alpha value is -7.39. The van der Waals surface area contributed by atoms with Gasteiger partial charge in [0.05, 0.1) is 62.7 Å². The van der Waals surface area contributed by atoms with Crippen LogP contribution in [-0.2, 0) is 0 Å². The summed E-state index contributed by atoms with van der Waals surface area (Å²) in [5.74, 6) is 0. The molecule has 0 N–H and O–H groups in total. The Morgan fingerprint density at radius 3 is 1.72 bits per heavy atom. The zero-order valence-corrected chi connectivity index (χ0v) is 26.7. The van der Waals surface area contributed by atoms with E-state index >= 15 is 0 Å². The van der Waals surface area contributed by atoms with E-state index in [9.17, 15) is 15.8 Å². The summed E-state index contributed by atoms with van der Waals surface area (Å²) < 4.78 is 4.48. The zero-order valence-electron chi connectivity index (χ0n) is 26.7. The van der Waals surface area contributed by atoms with Gasteiger partial charge in [0.15, 0.2) is 0 Å². The van der Waals surface area contributed by atoms with Crippen molar-refractivity contribution in [1.29, 1.82) is 15.8 Å².